The van der Waals surface area contributed by atoms with Gasteiger partial charge in [0.25, 0.3) is 0 Å². The standard InChI is InChI=1S/C14H24N6O6/c1-5-6-20(4)14(26)19-13(25)18-12(24)17-11(23)16-10(22)15-7-9(21)8(2)3/h8H,5-7H2,1-4H3,(H5,15,16,17,18,19,22,23,24,25,26). The molecule has 12 nitrogen and oxygen atoms in total. The fraction of sp³-hybridized carbons (Fsp3) is 0.571. The molecule has 0 rings (SSSR count). The molecular formula is C14H24N6O6. The molecule has 26 heavy (non-hydrogen) atoms. The molecule has 0 fully saturated rings. The second-order valence-corrected chi connectivity index (χ2v) is 5.52. The van der Waals surface area contributed by atoms with Crippen molar-refractivity contribution in [3.05, 3.63) is 0 Å². The average Bonchev–Trinajstić information content (AvgIpc) is 2.51. The summed E-state index contributed by atoms with van der Waals surface area (Å²) in [5.41, 5.74) is 0. The molecule has 0 aliphatic rings. The first-order chi connectivity index (χ1) is 12.1. The smallest absolute Gasteiger partial charge is 0.330 e. The lowest BCUT2D eigenvalue weighted by Gasteiger charge is -2.16. The lowest BCUT2D eigenvalue weighted by Crippen LogP contribution is -2.54. The molecule has 10 amide bonds. The van der Waals surface area contributed by atoms with Gasteiger partial charge in [-0.15, -0.1) is 0 Å². The maximum absolute atomic E-state index is 11.5. The van der Waals surface area contributed by atoms with E-state index in [-0.39, 0.29) is 18.2 Å². The Kier molecular flexibility index (Phi) is 9.99. The van der Waals surface area contributed by atoms with Crippen LogP contribution in [0.1, 0.15) is 27.2 Å². The van der Waals surface area contributed by atoms with Crippen molar-refractivity contribution in [2.75, 3.05) is 20.1 Å². The molecule has 0 heterocycles. The van der Waals surface area contributed by atoms with Gasteiger partial charge in [-0.2, -0.15) is 0 Å². The monoisotopic (exact) mass is 372 g/mol. The maximum Gasteiger partial charge on any atom is 0.330 e. The first kappa shape index (κ1) is 22.8. The van der Waals surface area contributed by atoms with Gasteiger partial charge in [-0.3, -0.25) is 26.1 Å². The number of carbonyl (C=O) groups is 6. The van der Waals surface area contributed by atoms with E-state index in [9.17, 15) is 28.8 Å². The summed E-state index contributed by atoms with van der Waals surface area (Å²) in [6, 6.07) is -5.34. The highest BCUT2D eigenvalue weighted by Crippen LogP contribution is 1.91. The Labute approximate surface area is 150 Å². The van der Waals surface area contributed by atoms with Crippen LogP contribution in [-0.2, 0) is 4.79 Å². The van der Waals surface area contributed by atoms with E-state index < -0.39 is 30.2 Å². The first-order valence-electron chi connectivity index (χ1n) is 7.82. The molecule has 0 bridgehead atoms. The van der Waals surface area contributed by atoms with Crippen LogP contribution in [0.4, 0.5) is 24.0 Å². The summed E-state index contributed by atoms with van der Waals surface area (Å²) in [5, 5.41) is 9.08. The number of Topliss-reactive ketones (excluding diaryl/α,β-unsaturated/α-hetero) is 1. The van der Waals surface area contributed by atoms with E-state index >= 15 is 0 Å². The Morgan fingerprint density at radius 1 is 0.808 bits per heavy atom. The molecule has 0 aromatic rings. The van der Waals surface area contributed by atoms with Crippen molar-refractivity contribution in [3.8, 4) is 0 Å². The summed E-state index contributed by atoms with van der Waals surface area (Å²) in [4.78, 5) is 69.7. The van der Waals surface area contributed by atoms with Crippen LogP contribution in [0.25, 0.3) is 0 Å². The van der Waals surface area contributed by atoms with Crippen LogP contribution in [0, 0.1) is 5.92 Å². The summed E-state index contributed by atoms with van der Waals surface area (Å²) < 4.78 is 0. The average molecular weight is 372 g/mol. The number of ketones is 1. The zero-order valence-corrected chi connectivity index (χ0v) is 15.1. The van der Waals surface area contributed by atoms with Crippen molar-refractivity contribution in [1.29, 1.82) is 0 Å². The second-order valence-electron chi connectivity index (χ2n) is 5.52. The molecule has 0 aromatic carbocycles. The second kappa shape index (κ2) is 11.4. The molecule has 0 spiro atoms. The van der Waals surface area contributed by atoms with Gasteiger partial charge in [0.15, 0.2) is 5.78 Å². The van der Waals surface area contributed by atoms with E-state index in [1.807, 2.05) is 12.2 Å². The minimum absolute atomic E-state index is 0.243. The van der Waals surface area contributed by atoms with Gasteiger partial charge >= 0.3 is 30.2 Å². The Hall–Kier alpha value is -3.18. The topological polar surface area (TPSA) is 166 Å². The third kappa shape index (κ3) is 9.85. The lowest BCUT2D eigenvalue weighted by atomic mass is 10.1. The summed E-state index contributed by atoms with van der Waals surface area (Å²) in [5.74, 6) is -0.528. The Morgan fingerprint density at radius 2 is 1.27 bits per heavy atom. The third-order valence-electron chi connectivity index (χ3n) is 2.87. The van der Waals surface area contributed by atoms with Crippen LogP contribution in [0.5, 0.6) is 0 Å². The number of imide groups is 4. The van der Waals surface area contributed by atoms with Gasteiger partial charge in [0, 0.05) is 19.5 Å². The first-order valence-corrected chi connectivity index (χ1v) is 7.82. The number of hydrogen-bond donors (Lipinski definition) is 5. The predicted octanol–water partition coefficient (Wildman–Crippen LogP) is 0.101. The van der Waals surface area contributed by atoms with Crippen molar-refractivity contribution in [1.82, 2.24) is 31.5 Å². The number of nitrogens with one attached hydrogen (secondary N) is 5. The molecule has 0 radical (unpaired) electrons. The van der Waals surface area contributed by atoms with Crippen molar-refractivity contribution < 1.29 is 28.8 Å². The van der Waals surface area contributed by atoms with Crippen molar-refractivity contribution >= 4 is 35.9 Å². The number of nitrogens with zero attached hydrogens (tertiary/aromatic N) is 1. The summed E-state index contributed by atoms with van der Waals surface area (Å²) in [7, 11) is 1.46. The number of carbonyl (C=O) groups excluding carboxylic acids is 6. The minimum atomic E-state index is -1.25. The number of amides is 10. The largest absolute Gasteiger partial charge is 0.331 e. The van der Waals surface area contributed by atoms with Gasteiger partial charge in [0.1, 0.15) is 0 Å². The van der Waals surface area contributed by atoms with Crippen LogP contribution in [0.15, 0.2) is 0 Å². The number of rotatable bonds is 5. The van der Waals surface area contributed by atoms with E-state index in [1.165, 1.54) is 11.9 Å². The minimum Gasteiger partial charge on any atom is -0.331 e. The molecule has 12 heteroatoms. The van der Waals surface area contributed by atoms with E-state index in [4.69, 9.17) is 0 Å². The Balaban J connectivity index is 4.20. The fourth-order valence-corrected chi connectivity index (χ4v) is 1.45. The molecule has 0 atom stereocenters. The van der Waals surface area contributed by atoms with Crippen molar-refractivity contribution in [3.63, 3.8) is 0 Å². The molecule has 0 unspecified atom stereocenters. The van der Waals surface area contributed by atoms with Crippen molar-refractivity contribution in [2.24, 2.45) is 5.92 Å². The van der Waals surface area contributed by atoms with Crippen molar-refractivity contribution in [2.45, 2.75) is 27.2 Å². The molecule has 0 aliphatic carbocycles. The highest BCUT2D eigenvalue weighted by Gasteiger charge is 2.17. The summed E-state index contributed by atoms with van der Waals surface area (Å²) in [6.45, 7) is 5.26. The van der Waals surface area contributed by atoms with Gasteiger partial charge in [0.2, 0.25) is 0 Å². The quantitative estimate of drug-likeness (QED) is 0.459. The van der Waals surface area contributed by atoms with Gasteiger partial charge in [-0.05, 0) is 6.42 Å². The maximum atomic E-state index is 11.5. The van der Waals surface area contributed by atoms with Crippen LogP contribution in [-0.4, -0.2) is 61.0 Å². The molecule has 146 valence electrons. The fourth-order valence-electron chi connectivity index (χ4n) is 1.45. The van der Waals surface area contributed by atoms with Gasteiger partial charge < -0.3 is 10.2 Å². The van der Waals surface area contributed by atoms with Gasteiger partial charge in [0.05, 0.1) is 6.54 Å². The molecular weight excluding hydrogens is 348 g/mol. The Morgan fingerprint density at radius 3 is 1.73 bits per heavy atom. The highest BCUT2D eigenvalue weighted by molar-refractivity contribution is 6.07. The Bertz CT molecular complexity index is 576. The van der Waals surface area contributed by atoms with Crippen LogP contribution >= 0.6 is 0 Å². The van der Waals surface area contributed by atoms with E-state index in [2.05, 4.69) is 5.32 Å². The van der Waals surface area contributed by atoms with E-state index in [0.717, 1.165) is 0 Å². The summed E-state index contributed by atoms with van der Waals surface area (Å²) >= 11 is 0. The van der Waals surface area contributed by atoms with Crippen LogP contribution in [0.2, 0.25) is 0 Å². The van der Waals surface area contributed by atoms with E-state index in [0.29, 0.717) is 13.0 Å². The van der Waals surface area contributed by atoms with Crippen LogP contribution < -0.4 is 26.6 Å². The van der Waals surface area contributed by atoms with Gasteiger partial charge in [-0.1, -0.05) is 20.8 Å². The number of hydrogen-bond acceptors (Lipinski definition) is 6. The zero-order chi connectivity index (χ0) is 20.3. The molecule has 0 saturated heterocycles. The molecule has 0 aromatic heterocycles. The van der Waals surface area contributed by atoms with E-state index in [1.54, 1.807) is 29.8 Å². The zero-order valence-electron chi connectivity index (χ0n) is 15.1. The van der Waals surface area contributed by atoms with Gasteiger partial charge in [-0.25, -0.2) is 24.0 Å². The molecule has 0 aliphatic heterocycles. The highest BCUT2D eigenvalue weighted by atomic mass is 16.2. The lowest BCUT2D eigenvalue weighted by molar-refractivity contribution is -0.120. The predicted molar refractivity (Wildman–Crippen MR) is 90.3 cm³/mol. The number of urea groups is 5. The molecule has 5 N–H and O–H groups in total. The SMILES string of the molecule is CCCN(C)C(=O)NC(=O)NC(=O)NC(=O)NC(=O)NCC(=O)C(C)C. The normalized spacial score (nSPS) is 9.73. The third-order valence-corrected chi connectivity index (χ3v) is 2.87. The van der Waals surface area contributed by atoms with Crippen LogP contribution in [0.3, 0.4) is 0 Å². The molecule has 0 saturated carbocycles. The summed E-state index contributed by atoms with van der Waals surface area (Å²) in [6.07, 6.45) is 0.678.